The third-order valence-corrected chi connectivity index (χ3v) is 3.97. The number of pyridine rings is 1. The van der Waals surface area contributed by atoms with Crippen LogP contribution in [-0.2, 0) is 6.54 Å². The first-order valence-electron chi connectivity index (χ1n) is 7.43. The number of nitrogens with one attached hydrogen (secondary N) is 1. The van der Waals surface area contributed by atoms with Crippen molar-refractivity contribution in [2.24, 2.45) is 5.73 Å². The number of rotatable bonds is 5. The fourth-order valence-corrected chi connectivity index (χ4v) is 2.61. The zero-order chi connectivity index (χ0) is 18.0. The number of benzene rings is 1. The normalized spacial score (nSPS) is 10.7. The maximum atomic E-state index is 14.4. The second-order valence-electron chi connectivity index (χ2n) is 5.40. The zero-order valence-electron chi connectivity index (χ0n) is 13.3. The van der Waals surface area contributed by atoms with E-state index in [2.05, 4.69) is 15.3 Å². The van der Waals surface area contributed by atoms with Crippen LogP contribution >= 0.6 is 11.6 Å². The Kier molecular flexibility index (Phi) is 4.67. The van der Waals surface area contributed by atoms with Gasteiger partial charge in [0.15, 0.2) is 0 Å². The van der Waals surface area contributed by atoms with E-state index in [1.807, 2.05) is 0 Å². The number of hydrogen-bond acceptors (Lipinski definition) is 4. The molecule has 3 N–H and O–H groups in total. The van der Waals surface area contributed by atoms with Gasteiger partial charge in [0.25, 0.3) is 0 Å². The van der Waals surface area contributed by atoms with E-state index >= 15 is 0 Å². The van der Waals surface area contributed by atoms with Gasteiger partial charge in [0.2, 0.25) is 5.91 Å². The quantitative estimate of drug-likeness (QED) is 0.733. The Balaban J connectivity index is 1.75. The molecular formula is C17H15ClFN5O. The predicted molar refractivity (Wildman–Crippen MR) is 93.4 cm³/mol. The molecule has 0 saturated heterocycles. The van der Waals surface area contributed by atoms with E-state index in [4.69, 9.17) is 17.3 Å². The van der Waals surface area contributed by atoms with Crippen molar-refractivity contribution < 1.29 is 9.18 Å². The summed E-state index contributed by atoms with van der Waals surface area (Å²) in [5.41, 5.74) is 6.55. The van der Waals surface area contributed by atoms with E-state index < -0.39 is 5.91 Å². The molecule has 0 fully saturated rings. The molecule has 2 heterocycles. The minimum absolute atomic E-state index is 0.224. The topological polar surface area (TPSA) is 85.8 Å². The van der Waals surface area contributed by atoms with Crippen LogP contribution in [0.5, 0.6) is 0 Å². The van der Waals surface area contributed by atoms with Crippen molar-refractivity contribution in [3.63, 3.8) is 0 Å². The molecule has 3 aromatic rings. The van der Waals surface area contributed by atoms with Crippen LogP contribution in [-0.4, -0.2) is 20.4 Å². The van der Waals surface area contributed by atoms with Gasteiger partial charge in [0.05, 0.1) is 16.3 Å². The van der Waals surface area contributed by atoms with E-state index in [-0.39, 0.29) is 16.4 Å². The largest absolute Gasteiger partial charge is 0.366 e. The predicted octanol–water partition coefficient (Wildman–Crippen LogP) is 3.08. The minimum Gasteiger partial charge on any atom is -0.366 e. The van der Waals surface area contributed by atoms with Gasteiger partial charge in [-0.2, -0.15) is 0 Å². The standard InChI is InChI=1S/C17H15ClFN5O/c1-10-21-4-5-24(10)15-3-2-11(6-14(15)19)8-22-17-13(18)7-12(9-23-17)16(20)25/h2-7,9H,8H2,1H3,(H2,20,25)(H,22,23). The van der Waals surface area contributed by atoms with E-state index in [0.717, 1.165) is 5.56 Å². The first-order valence-corrected chi connectivity index (χ1v) is 7.81. The van der Waals surface area contributed by atoms with Crippen LogP contribution in [0.15, 0.2) is 42.9 Å². The van der Waals surface area contributed by atoms with Crippen molar-refractivity contribution in [1.82, 2.24) is 14.5 Å². The average Bonchev–Trinajstić information content (AvgIpc) is 2.99. The van der Waals surface area contributed by atoms with E-state index in [1.54, 1.807) is 36.0 Å². The van der Waals surface area contributed by atoms with Crippen molar-refractivity contribution in [1.29, 1.82) is 0 Å². The summed E-state index contributed by atoms with van der Waals surface area (Å²) in [6.45, 7) is 2.13. The Bertz CT molecular complexity index is 941. The number of halogens is 2. The average molecular weight is 360 g/mol. The number of carbonyl (C=O) groups is 1. The Hall–Kier alpha value is -2.93. The number of primary amides is 1. The number of nitrogens with two attached hydrogens (primary N) is 1. The van der Waals surface area contributed by atoms with E-state index in [0.29, 0.717) is 23.9 Å². The fraction of sp³-hybridized carbons (Fsp3) is 0.118. The van der Waals surface area contributed by atoms with Crippen molar-refractivity contribution >= 4 is 23.3 Å². The Morgan fingerprint density at radius 3 is 2.76 bits per heavy atom. The van der Waals surface area contributed by atoms with Crippen LogP contribution in [0.4, 0.5) is 10.2 Å². The number of nitrogens with zero attached hydrogens (tertiary/aromatic N) is 3. The van der Waals surface area contributed by atoms with E-state index in [9.17, 15) is 9.18 Å². The summed E-state index contributed by atoms with van der Waals surface area (Å²) in [4.78, 5) is 19.2. The summed E-state index contributed by atoms with van der Waals surface area (Å²) in [5.74, 6) is 0.133. The maximum absolute atomic E-state index is 14.4. The highest BCUT2D eigenvalue weighted by atomic mass is 35.5. The fourth-order valence-electron chi connectivity index (χ4n) is 2.38. The highest BCUT2D eigenvalue weighted by Gasteiger charge is 2.10. The van der Waals surface area contributed by atoms with Gasteiger partial charge in [-0.1, -0.05) is 17.7 Å². The zero-order valence-corrected chi connectivity index (χ0v) is 14.1. The van der Waals surface area contributed by atoms with Gasteiger partial charge >= 0.3 is 0 Å². The van der Waals surface area contributed by atoms with Crippen molar-refractivity contribution in [2.45, 2.75) is 13.5 Å². The van der Waals surface area contributed by atoms with Crippen molar-refractivity contribution in [2.75, 3.05) is 5.32 Å². The minimum atomic E-state index is -0.603. The van der Waals surface area contributed by atoms with Crippen LogP contribution in [0.3, 0.4) is 0 Å². The molecule has 25 heavy (non-hydrogen) atoms. The van der Waals surface area contributed by atoms with Gasteiger partial charge in [0.1, 0.15) is 17.5 Å². The molecule has 0 saturated carbocycles. The molecule has 0 aliphatic heterocycles. The highest BCUT2D eigenvalue weighted by molar-refractivity contribution is 6.33. The van der Waals surface area contributed by atoms with Gasteiger partial charge in [0, 0.05) is 25.1 Å². The van der Waals surface area contributed by atoms with Crippen LogP contribution in [0, 0.1) is 12.7 Å². The Labute approximate surface area is 148 Å². The van der Waals surface area contributed by atoms with Crippen LogP contribution in [0.2, 0.25) is 5.02 Å². The Morgan fingerprint density at radius 2 is 2.16 bits per heavy atom. The maximum Gasteiger partial charge on any atom is 0.250 e. The number of carbonyl (C=O) groups excluding carboxylic acids is 1. The summed E-state index contributed by atoms with van der Waals surface area (Å²) < 4.78 is 16.0. The monoisotopic (exact) mass is 359 g/mol. The summed E-state index contributed by atoms with van der Waals surface area (Å²) >= 11 is 6.06. The van der Waals surface area contributed by atoms with Gasteiger partial charge in [-0.15, -0.1) is 0 Å². The molecule has 8 heteroatoms. The summed E-state index contributed by atoms with van der Waals surface area (Å²) in [5, 5.41) is 3.27. The lowest BCUT2D eigenvalue weighted by Crippen LogP contribution is -2.12. The second-order valence-corrected chi connectivity index (χ2v) is 5.81. The molecular weight excluding hydrogens is 345 g/mol. The molecule has 6 nitrogen and oxygen atoms in total. The molecule has 0 unspecified atom stereocenters. The molecule has 1 amide bonds. The highest BCUT2D eigenvalue weighted by Crippen LogP contribution is 2.22. The molecule has 2 aromatic heterocycles. The molecule has 3 rings (SSSR count). The third-order valence-electron chi connectivity index (χ3n) is 3.68. The van der Waals surface area contributed by atoms with Gasteiger partial charge in [-0.05, 0) is 30.7 Å². The smallest absolute Gasteiger partial charge is 0.250 e. The summed E-state index contributed by atoms with van der Waals surface area (Å²) in [7, 11) is 0. The van der Waals surface area contributed by atoms with E-state index in [1.165, 1.54) is 18.3 Å². The molecule has 0 aliphatic carbocycles. The van der Waals surface area contributed by atoms with Crippen LogP contribution in [0.25, 0.3) is 5.69 Å². The molecule has 1 aromatic carbocycles. The van der Waals surface area contributed by atoms with Gasteiger partial charge in [-0.3, -0.25) is 4.79 Å². The lowest BCUT2D eigenvalue weighted by Gasteiger charge is -2.11. The van der Waals surface area contributed by atoms with Crippen molar-refractivity contribution in [3.8, 4) is 5.69 Å². The molecule has 0 spiro atoms. The van der Waals surface area contributed by atoms with Gasteiger partial charge in [-0.25, -0.2) is 14.4 Å². The third kappa shape index (κ3) is 3.61. The first kappa shape index (κ1) is 16.9. The number of aryl methyl sites for hydroxylation is 1. The first-order chi connectivity index (χ1) is 12.0. The van der Waals surface area contributed by atoms with Crippen LogP contribution in [0.1, 0.15) is 21.7 Å². The summed E-state index contributed by atoms with van der Waals surface area (Å²) in [6, 6.07) is 6.36. The van der Waals surface area contributed by atoms with Crippen LogP contribution < -0.4 is 11.1 Å². The number of amides is 1. The molecule has 0 radical (unpaired) electrons. The van der Waals surface area contributed by atoms with Gasteiger partial charge < -0.3 is 15.6 Å². The molecule has 0 aliphatic rings. The Morgan fingerprint density at radius 1 is 1.36 bits per heavy atom. The molecule has 0 atom stereocenters. The SMILES string of the molecule is Cc1nccn1-c1ccc(CNc2ncc(C(N)=O)cc2Cl)cc1F. The van der Waals surface area contributed by atoms with Crippen molar-refractivity contribution in [3.05, 3.63) is 70.6 Å². The lowest BCUT2D eigenvalue weighted by molar-refractivity contribution is 0.1000. The summed E-state index contributed by atoms with van der Waals surface area (Å²) in [6.07, 6.45) is 4.66. The number of aromatic nitrogens is 3. The molecule has 128 valence electrons. The number of imidazole rings is 1. The number of hydrogen-bond donors (Lipinski definition) is 2. The number of anilines is 1. The second kappa shape index (κ2) is 6.90. The lowest BCUT2D eigenvalue weighted by atomic mass is 10.2. The molecule has 0 bridgehead atoms.